The summed E-state index contributed by atoms with van der Waals surface area (Å²) in [7, 11) is 0. The lowest BCUT2D eigenvalue weighted by atomic mass is 9.89. The molecule has 0 aliphatic heterocycles. The Balaban J connectivity index is 1.54. The molecule has 5 heteroatoms. The lowest BCUT2D eigenvalue weighted by Crippen LogP contribution is -2.31. The third-order valence-electron chi connectivity index (χ3n) is 5.85. The van der Waals surface area contributed by atoms with Crippen LogP contribution in [0, 0.1) is 5.92 Å². The lowest BCUT2D eigenvalue weighted by Gasteiger charge is -2.22. The largest absolute Gasteiger partial charge is 0.399 e. The Morgan fingerprint density at radius 2 is 1.63 bits per heavy atom. The summed E-state index contributed by atoms with van der Waals surface area (Å²) in [5.74, 6) is 0.0662. The average Bonchev–Trinajstić information content (AvgIpc) is 2.79. The smallest absolute Gasteiger partial charge is 0.256 e. The summed E-state index contributed by atoms with van der Waals surface area (Å²) in [6, 6.07) is 18.4. The van der Waals surface area contributed by atoms with Gasteiger partial charge in [-0.25, -0.2) is 0 Å². The van der Waals surface area contributed by atoms with E-state index < -0.39 is 0 Å². The summed E-state index contributed by atoms with van der Waals surface area (Å²) in [4.78, 5) is 25.9. The van der Waals surface area contributed by atoms with E-state index in [4.69, 9.17) is 5.73 Å². The minimum atomic E-state index is -0.252. The fraction of sp³-hybridized carbons (Fsp3) is 0.280. The molecule has 0 spiro atoms. The number of nitrogen functional groups attached to an aromatic ring is 1. The number of fused-ring (bicyclic) bond motifs is 1. The van der Waals surface area contributed by atoms with Gasteiger partial charge < -0.3 is 16.4 Å². The Bertz CT molecular complexity index is 1070. The van der Waals surface area contributed by atoms with Gasteiger partial charge in [0.1, 0.15) is 0 Å². The minimum Gasteiger partial charge on any atom is -0.399 e. The number of carbonyl (C=O) groups excluding carboxylic acids is 2. The van der Waals surface area contributed by atoms with Crippen molar-refractivity contribution in [3.8, 4) is 0 Å². The highest BCUT2D eigenvalue weighted by atomic mass is 16.2. The number of rotatable bonds is 5. The maximum atomic E-state index is 13.0. The van der Waals surface area contributed by atoms with Crippen molar-refractivity contribution in [2.45, 2.75) is 32.1 Å². The van der Waals surface area contributed by atoms with Gasteiger partial charge in [0.2, 0.25) is 0 Å². The van der Waals surface area contributed by atoms with Gasteiger partial charge in [-0.2, -0.15) is 0 Å². The highest BCUT2D eigenvalue weighted by Crippen LogP contribution is 2.25. The molecule has 30 heavy (non-hydrogen) atoms. The van der Waals surface area contributed by atoms with Gasteiger partial charge in [0.05, 0.1) is 11.3 Å². The molecule has 1 aliphatic carbocycles. The zero-order valence-electron chi connectivity index (χ0n) is 17.0. The van der Waals surface area contributed by atoms with E-state index in [2.05, 4.69) is 10.6 Å². The van der Waals surface area contributed by atoms with Crippen LogP contribution in [0.25, 0.3) is 10.8 Å². The van der Waals surface area contributed by atoms with Crippen molar-refractivity contribution in [3.05, 3.63) is 71.8 Å². The van der Waals surface area contributed by atoms with Gasteiger partial charge in [-0.15, -0.1) is 0 Å². The quantitative estimate of drug-likeness (QED) is 0.527. The van der Waals surface area contributed by atoms with Crippen LogP contribution in [0.3, 0.4) is 0 Å². The summed E-state index contributed by atoms with van der Waals surface area (Å²) in [6.45, 7) is 0.657. The van der Waals surface area contributed by atoms with E-state index in [0.717, 1.165) is 23.6 Å². The fourth-order valence-corrected chi connectivity index (χ4v) is 4.20. The van der Waals surface area contributed by atoms with Crippen molar-refractivity contribution in [2.75, 3.05) is 17.6 Å². The van der Waals surface area contributed by atoms with Gasteiger partial charge in [0.15, 0.2) is 0 Å². The molecular formula is C25H27N3O2. The van der Waals surface area contributed by atoms with E-state index in [1.54, 1.807) is 24.3 Å². The minimum absolute atomic E-state index is 0.207. The Hall–Kier alpha value is -3.34. The van der Waals surface area contributed by atoms with Gasteiger partial charge in [0, 0.05) is 17.8 Å². The van der Waals surface area contributed by atoms with Crippen LogP contribution >= 0.6 is 0 Å². The summed E-state index contributed by atoms with van der Waals surface area (Å²) in [5, 5.41) is 7.81. The molecule has 0 aromatic heterocycles. The predicted molar refractivity (Wildman–Crippen MR) is 122 cm³/mol. The highest BCUT2D eigenvalue weighted by Gasteiger charge is 2.19. The summed E-state index contributed by atoms with van der Waals surface area (Å²) < 4.78 is 0. The first kappa shape index (κ1) is 20.0. The van der Waals surface area contributed by atoms with Crippen LogP contribution in [0.4, 0.5) is 11.4 Å². The van der Waals surface area contributed by atoms with Gasteiger partial charge in [-0.3, -0.25) is 9.59 Å². The van der Waals surface area contributed by atoms with Crippen molar-refractivity contribution in [1.82, 2.24) is 5.32 Å². The van der Waals surface area contributed by atoms with Gasteiger partial charge in [0.25, 0.3) is 11.8 Å². The van der Waals surface area contributed by atoms with Crippen molar-refractivity contribution >= 4 is 34.0 Å². The topological polar surface area (TPSA) is 84.2 Å². The number of hydrogen-bond acceptors (Lipinski definition) is 3. The Morgan fingerprint density at radius 3 is 2.47 bits per heavy atom. The van der Waals surface area contributed by atoms with E-state index in [0.29, 0.717) is 35.0 Å². The maximum Gasteiger partial charge on any atom is 0.256 e. The molecule has 3 aromatic carbocycles. The maximum absolute atomic E-state index is 13.0. The van der Waals surface area contributed by atoms with Crippen LogP contribution in [0.2, 0.25) is 0 Å². The molecule has 0 unspecified atom stereocenters. The summed E-state index contributed by atoms with van der Waals surface area (Å²) >= 11 is 0. The Labute approximate surface area is 176 Å². The van der Waals surface area contributed by atoms with Crippen LogP contribution in [-0.2, 0) is 0 Å². The zero-order chi connectivity index (χ0) is 20.9. The molecule has 5 nitrogen and oxygen atoms in total. The molecule has 0 radical (unpaired) electrons. The molecular weight excluding hydrogens is 374 g/mol. The second kappa shape index (κ2) is 8.99. The number of carbonyl (C=O) groups is 2. The molecule has 0 saturated heterocycles. The first-order valence-electron chi connectivity index (χ1n) is 10.6. The normalized spacial score (nSPS) is 14.4. The standard InChI is InChI=1S/C25H27N3O2/c26-19-13-14-23(22(15-19)24(29)27-16-17-7-2-1-3-8-17)28-25(30)21-12-6-10-18-9-4-5-11-20(18)21/h4-6,9-15,17H,1-3,7-8,16,26H2,(H,27,29)(H,28,30). The van der Waals surface area contributed by atoms with Crippen molar-refractivity contribution < 1.29 is 9.59 Å². The van der Waals surface area contributed by atoms with E-state index in [1.807, 2.05) is 36.4 Å². The number of anilines is 2. The first-order chi connectivity index (χ1) is 14.6. The molecule has 4 rings (SSSR count). The Kier molecular flexibility index (Phi) is 5.98. The molecule has 1 fully saturated rings. The SMILES string of the molecule is Nc1ccc(NC(=O)c2cccc3ccccc23)c(C(=O)NCC2CCCCC2)c1. The van der Waals surface area contributed by atoms with Crippen LogP contribution < -0.4 is 16.4 Å². The van der Waals surface area contributed by atoms with Crippen molar-refractivity contribution in [1.29, 1.82) is 0 Å². The number of benzene rings is 3. The van der Waals surface area contributed by atoms with Crippen LogP contribution in [-0.4, -0.2) is 18.4 Å². The van der Waals surface area contributed by atoms with Crippen LogP contribution in [0.1, 0.15) is 52.8 Å². The number of nitrogens with two attached hydrogens (primary N) is 1. The number of nitrogens with one attached hydrogen (secondary N) is 2. The Morgan fingerprint density at radius 1 is 0.867 bits per heavy atom. The molecule has 0 bridgehead atoms. The van der Waals surface area contributed by atoms with Gasteiger partial charge in [-0.05, 0) is 53.8 Å². The van der Waals surface area contributed by atoms with Crippen LogP contribution in [0.5, 0.6) is 0 Å². The molecule has 3 aromatic rings. The van der Waals surface area contributed by atoms with Gasteiger partial charge in [-0.1, -0.05) is 55.7 Å². The second-order valence-electron chi connectivity index (χ2n) is 8.00. The van der Waals surface area contributed by atoms with Gasteiger partial charge >= 0.3 is 0 Å². The van der Waals surface area contributed by atoms with Crippen molar-refractivity contribution in [3.63, 3.8) is 0 Å². The lowest BCUT2D eigenvalue weighted by molar-refractivity contribution is 0.0944. The predicted octanol–water partition coefficient (Wildman–Crippen LogP) is 4.98. The molecule has 0 atom stereocenters. The van der Waals surface area contributed by atoms with E-state index >= 15 is 0 Å². The highest BCUT2D eigenvalue weighted by molar-refractivity contribution is 6.15. The molecule has 1 aliphatic rings. The van der Waals surface area contributed by atoms with Crippen molar-refractivity contribution in [2.24, 2.45) is 5.92 Å². The molecule has 2 amide bonds. The molecule has 4 N–H and O–H groups in total. The second-order valence-corrected chi connectivity index (χ2v) is 8.00. The van der Waals surface area contributed by atoms with E-state index in [9.17, 15) is 9.59 Å². The molecule has 0 heterocycles. The number of hydrogen-bond donors (Lipinski definition) is 3. The summed E-state index contributed by atoms with van der Waals surface area (Å²) in [5.41, 5.74) is 7.83. The zero-order valence-corrected chi connectivity index (χ0v) is 17.0. The third kappa shape index (κ3) is 4.46. The number of amides is 2. The average molecular weight is 402 g/mol. The molecule has 154 valence electrons. The molecule has 1 saturated carbocycles. The van der Waals surface area contributed by atoms with Crippen LogP contribution in [0.15, 0.2) is 60.7 Å². The fourth-order valence-electron chi connectivity index (χ4n) is 4.20. The summed E-state index contributed by atoms with van der Waals surface area (Å²) in [6.07, 6.45) is 6.05. The first-order valence-corrected chi connectivity index (χ1v) is 10.6. The van der Waals surface area contributed by atoms with E-state index in [1.165, 1.54) is 19.3 Å². The monoisotopic (exact) mass is 401 g/mol. The third-order valence-corrected chi connectivity index (χ3v) is 5.85. The van der Waals surface area contributed by atoms with E-state index in [-0.39, 0.29) is 11.8 Å².